The molecule has 0 radical (unpaired) electrons. The van der Waals surface area contributed by atoms with E-state index in [0.29, 0.717) is 6.04 Å². The van der Waals surface area contributed by atoms with Crippen LogP contribution in [0.4, 0.5) is 0 Å². The summed E-state index contributed by atoms with van der Waals surface area (Å²) < 4.78 is 3.24. The van der Waals surface area contributed by atoms with Crippen LogP contribution in [0.5, 0.6) is 0 Å². The van der Waals surface area contributed by atoms with E-state index in [4.69, 9.17) is 0 Å². The van der Waals surface area contributed by atoms with E-state index in [1.807, 2.05) is 11.7 Å². The van der Waals surface area contributed by atoms with Crippen LogP contribution in [0.2, 0.25) is 0 Å². The first-order chi connectivity index (χ1) is 8.13. The highest BCUT2D eigenvalue weighted by Gasteiger charge is 2.21. The molecule has 0 bridgehead atoms. The Morgan fingerprint density at radius 3 is 2.76 bits per heavy atom. The van der Waals surface area contributed by atoms with Gasteiger partial charge in [0.25, 0.3) is 0 Å². The second-order valence-electron chi connectivity index (χ2n) is 5.00. The van der Waals surface area contributed by atoms with Crippen molar-refractivity contribution >= 4 is 15.9 Å². The summed E-state index contributed by atoms with van der Waals surface area (Å²) in [6.07, 6.45) is 5.03. The van der Waals surface area contributed by atoms with Crippen molar-refractivity contribution in [3.8, 4) is 0 Å². The van der Waals surface area contributed by atoms with Gasteiger partial charge in [-0.05, 0) is 48.7 Å². The van der Waals surface area contributed by atoms with Crippen molar-refractivity contribution in [2.75, 3.05) is 6.54 Å². The molecule has 96 valence electrons. The van der Waals surface area contributed by atoms with E-state index in [0.717, 1.165) is 13.0 Å². The number of hydrogen-bond acceptors (Lipinski definition) is 2. The third-order valence-electron chi connectivity index (χ3n) is 3.80. The van der Waals surface area contributed by atoms with Crippen LogP contribution >= 0.6 is 15.9 Å². The molecule has 1 aromatic heterocycles. The molecule has 0 aliphatic carbocycles. The highest BCUT2D eigenvalue weighted by atomic mass is 79.9. The molecule has 1 atom stereocenters. The monoisotopic (exact) mass is 299 g/mol. The summed E-state index contributed by atoms with van der Waals surface area (Å²) in [4.78, 5) is 2.57. The lowest BCUT2D eigenvalue weighted by Crippen LogP contribution is -2.37. The lowest BCUT2D eigenvalue weighted by molar-refractivity contribution is 0.148. The summed E-state index contributed by atoms with van der Waals surface area (Å²) in [5.41, 5.74) is 2.49. The van der Waals surface area contributed by atoms with Crippen molar-refractivity contribution in [2.24, 2.45) is 7.05 Å². The maximum absolute atomic E-state index is 4.56. The fourth-order valence-corrected chi connectivity index (χ4v) is 3.32. The molecule has 1 unspecified atom stereocenters. The molecule has 0 spiro atoms. The van der Waals surface area contributed by atoms with Crippen LogP contribution in [-0.2, 0) is 20.0 Å². The molecule has 17 heavy (non-hydrogen) atoms. The summed E-state index contributed by atoms with van der Waals surface area (Å²) in [6.45, 7) is 6.73. The summed E-state index contributed by atoms with van der Waals surface area (Å²) in [5, 5.41) is 4.56. The maximum atomic E-state index is 4.56. The van der Waals surface area contributed by atoms with E-state index in [9.17, 15) is 0 Å². The van der Waals surface area contributed by atoms with Gasteiger partial charge in [-0.25, -0.2) is 0 Å². The topological polar surface area (TPSA) is 21.1 Å². The molecule has 0 amide bonds. The van der Waals surface area contributed by atoms with Crippen molar-refractivity contribution in [2.45, 2.75) is 52.1 Å². The molecule has 1 aliphatic heterocycles. The van der Waals surface area contributed by atoms with Crippen LogP contribution in [0.3, 0.4) is 0 Å². The van der Waals surface area contributed by atoms with Gasteiger partial charge in [0.2, 0.25) is 0 Å². The molecule has 1 fully saturated rings. The van der Waals surface area contributed by atoms with Gasteiger partial charge in [-0.3, -0.25) is 9.58 Å². The normalized spacial score (nSPS) is 22.0. The highest BCUT2D eigenvalue weighted by Crippen LogP contribution is 2.25. The molecular formula is C13H22BrN3. The Hall–Kier alpha value is -0.350. The lowest BCUT2D eigenvalue weighted by Gasteiger charge is -2.33. The maximum Gasteiger partial charge on any atom is 0.0767 e. The minimum absolute atomic E-state index is 0.704. The Morgan fingerprint density at radius 1 is 1.41 bits per heavy atom. The summed E-state index contributed by atoms with van der Waals surface area (Å²) >= 11 is 3.70. The van der Waals surface area contributed by atoms with Gasteiger partial charge in [0.1, 0.15) is 0 Å². The minimum Gasteiger partial charge on any atom is -0.295 e. The van der Waals surface area contributed by atoms with Crippen molar-refractivity contribution in [3.05, 3.63) is 15.9 Å². The van der Waals surface area contributed by atoms with Gasteiger partial charge in [0.15, 0.2) is 0 Å². The Bertz CT molecular complexity index is 386. The first-order valence-electron chi connectivity index (χ1n) is 6.57. The van der Waals surface area contributed by atoms with Gasteiger partial charge >= 0.3 is 0 Å². The number of hydrogen-bond donors (Lipinski definition) is 0. The Labute approximate surface area is 112 Å². The van der Waals surface area contributed by atoms with Crippen LogP contribution < -0.4 is 0 Å². The summed E-state index contributed by atoms with van der Waals surface area (Å²) in [6, 6.07) is 0.704. The van der Waals surface area contributed by atoms with E-state index < -0.39 is 0 Å². The van der Waals surface area contributed by atoms with Gasteiger partial charge in [0.05, 0.1) is 15.9 Å². The van der Waals surface area contributed by atoms with Crippen LogP contribution in [0.15, 0.2) is 4.47 Å². The van der Waals surface area contributed by atoms with E-state index >= 15 is 0 Å². The third-order valence-corrected chi connectivity index (χ3v) is 4.71. The molecule has 2 heterocycles. The third kappa shape index (κ3) is 2.74. The highest BCUT2D eigenvalue weighted by molar-refractivity contribution is 9.10. The fourth-order valence-electron chi connectivity index (χ4n) is 2.58. The standard InChI is InChI=1S/C13H22BrN3/c1-4-11-13(14)12(16(3)15-11)9-17-8-6-5-7-10(17)2/h10H,4-9H2,1-3H3. The number of nitrogens with zero attached hydrogens (tertiary/aromatic N) is 3. The van der Waals surface area contributed by atoms with Crippen molar-refractivity contribution in [1.82, 2.24) is 14.7 Å². The van der Waals surface area contributed by atoms with E-state index in [1.165, 1.54) is 41.7 Å². The van der Waals surface area contributed by atoms with Gasteiger partial charge < -0.3 is 0 Å². The molecule has 2 rings (SSSR count). The Morgan fingerprint density at radius 2 is 2.18 bits per heavy atom. The Balaban J connectivity index is 2.14. The largest absolute Gasteiger partial charge is 0.295 e. The second-order valence-corrected chi connectivity index (χ2v) is 5.79. The molecule has 0 saturated carbocycles. The van der Waals surface area contributed by atoms with Crippen LogP contribution in [0.1, 0.15) is 44.5 Å². The van der Waals surface area contributed by atoms with Gasteiger partial charge in [-0.15, -0.1) is 0 Å². The smallest absolute Gasteiger partial charge is 0.0767 e. The van der Waals surface area contributed by atoms with Crippen LogP contribution in [-0.4, -0.2) is 27.3 Å². The number of halogens is 1. The zero-order valence-electron chi connectivity index (χ0n) is 11.0. The van der Waals surface area contributed by atoms with Crippen molar-refractivity contribution in [3.63, 3.8) is 0 Å². The zero-order valence-corrected chi connectivity index (χ0v) is 12.6. The number of piperidine rings is 1. The van der Waals surface area contributed by atoms with Crippen molar-refractivity contribution < 1.29 is 0 Å². The molecule has 1 aromatic rings. The molecular weight excluding hydrogens is 278 g/mol. The SMILES string of the molecule is CCc1nn(C)c(CN2CCCCC2C)c1Br. The van der Waals surface area contributed by atoms with Gasteiger partial charge in [0, 0.05) is 19.6 Å². The van der Waals surface area contributed by atoms with E-state index in [2.05, 4.69) is 39.8 Å². The van der Waals surface area contributed by atoms with E-state index in [1.54, 1.807) is 0 Å². The number of aromatic nitrogens is 2. The molecule has 1 aliphatic rings. The lowest BCUT2D eigenvalue weighted by atomic mass is 10.0. The molecule has 4 heteroatoms. The summed E-state index contributed by atoms with van der Waals surface area (Å²) in [7, 11) is 2.05. The quantitative estimate of drug-likeness (QED) is 0.855. The zero-order chi connectivity index (χ0) is 12.4. The number of aryl methyl sites for hydroxylation is 2. The molecule has 0 N–H and O–H groups in total. The number of rotatable bonds is 3. The van der Waals surface area contributed by atoms with Crippen LogP contribution in [0, 0.1) is 0 Å². The summed E-state index contributed by atoms with van der Waals surface area (Å²) in [5.74, 6) is 0. The second kappa shape index (κ2) is 5.53. The first kappa shape index (κ1) is 13.1. The van der Waals surface area contributed by atoms with Gasteiger partial charge in [-0.1, -0.05) is 13.3 Å². The average Bonchev–Trinajstić information content (AvgIpc) is 2.59. The predicted molar refractivity (Wildman–Crippen MR) is 74.0 cm³/mol. The molecule has 3 nitrogen and oxygen atoms in total. The van der Waals surface area contributed by atoms with Crippen molar-refractivity contribution in [1.29, 1.82) is 0 Å². The van der Waals surface area contributed by atoms with Crippen LogP contribution in [0.25, 0.3) is 0 Å². The average molecular weight is 300 g/mol. The fraction of sp³-hybridized carbons (Fsp3) is 0.769. The minimum atomic E-state index is 0.704. The Kier molecular flexibility index (Phi) is 4.26. The predicted octanol–water partition coefficient (Wildman–Crippen LogP) is 3.12. The van der Waals surface area contributed by atoms with E-state index in [-0.39, 0.29) is 0 Å². The molecule has 1 saturated heterocycles. The molecule has 0 aromatic carbocycles. The van der Waals surface area contributed by atoms with Gasteiger partial charge in [-0.2, -0.15) is 5.10 Å². The first-order valence-corrected chi connectivity index (χ1v) is 7.37. The number of likely N-dealkylation sites (tertiary alicyclic amines) is 1.